The number of nitrogens with zero attached hydrogens (tertiary/aromatic N) is 3. The molecule has 0 spiro atoms. The number of nitrogens with one attached hydrogen (secondary N) is 2. The van der Waals surface area contributed by atoms with Crippen LogP contribution in [0.15, 0.2) is 41.1 Å². The lowest BCUT2D eigenvalue weighted by Crippen LogP contribution is -2.63. The molecule has 16 heteroatoms. The number of hydrogen-bond acceptors (Lipinski definition) is 11. The van der Waals surface area contributed by atoms with E-state index in [1.165, 1.54) is 47.9 Å². The molecule has 3 N–H and O–H groups in total. The fourth-order valence-electron chi connectivity index (χ4n) is 5.23. The summed E-state index contributed by atoms with van der Waals surface area (Å²) < 4.78 is 39.1. The number of carbonyl (C=O) groups is 3. The lowest BCUT2D eigenvalue weighted by Gasteiger charge is -2.46. The van der Waals surface area contributed by atoms with Crippen LogP contribution < -0.4 is 9.44 Å². The molecule has 3 heterocycles. The molecule has 0 aromatic carbocycles. The number of rotatable bonds is 14. The van der Waals surface area contributed by atoms with Gasteiger partial charge in [-0.2, -0.15) is 13.1 Å². The van der Waals surface area contributed by atoms with Gasteiger partial charge in [0.05, 0.1) is 36.4 Å². The summed E-state index contributed by atoms with van der Waals surface area (Å²) in [5.74, 6) is -1.99. The molecule has 0 unspecified atom stereocenters. The second-order valence-electron chi connectivity index (χ2n) is 9.66. The number of thioether (sulfide) groups is 1. The van der Waals surface area contributed by atoms with Gasteiger partial charge in [0, 0.05) is 29.7 Å². The van der Waals surface area contributed by atoms with Gasteiger partial charge in [-0.3, -0.25) is 9.69 Å². The molecule has 2 fully saturated rings. The highest BCUT2D eigenvalue weighted by Crippen LogP contribution is 2.52. The number of oxime groups is 1. The van der Waals surface area contributed by atoms with Crippen molar-refractivity contribution in [1.82, 2.24) is 19.2 Å². The second kappa shape index (κ2) is 13.8. The number of β-lactam (4-membered cyclic amide) rings is 1. The third-order valence-corrected chi connectivity index (χ3v) is 9.61. The Bertz CT molecular complexity index is 1220. The fourth-order valence-corrected chi connectivity index (χ4v) is 7.24. The van der Waals surface area contributed by atoms with Crippen molar-refractivity contribution in [1.29, 1.82) is 0 Å². The van der Waals surface area contributed by atoms with E-state index in [2.05, 4.69) is 27.8 Å². The molecule has 41 heavy (non-hydrogen) atoms. The van der Waals surface area contributed by atoms with Gasteiger partial charge in [-0.25, -0.2) is 14.3 Å². The van der Waals surface area contributed by atoms with Crippen LogP contribution in [0.4, 0.5) is 4.79 Å². The highest BCUT2D eigenvalue weighted by molar-refractivity contribution is 8.03. The second-order valence-corrected chi connectivity index (χ2v) is 12.7. The topological polar surface area (TPSA) is 176 Å². The maximum Gasteiger partial charge on any atom is 0.410 e. The van der Waals surface area contributed by atoms with Crippen molar-refractivity contribution in [2.45, 2.75) is 43.7 Å². The van der Waals surface area contributed by atoms with Crippen LogP contribution >= 0.6 is 11.8 Å². The highest BCUT2D eigenvalue weighted by atomic mass is 32.2. The van der Waals surface area contributed by atoms with E-state index in [0.29, 0.717) is 11.3 Å². The van der Waals surface area contributed by atoms with E-state index >= 15 is 0 Å². The number of fused-ring (bicyclic) bond motifs is 1. The first-order valence-electron chi connectivity index (χ1n) is 12.9. The summed E-state index contributed by atoms with van der Waals surface area (Å²) in [5, 5.41) is 13.9. The predicted molar refractivity (Wildman–Crippen MR) is 152 cm³/mol. The van der Waals surface area contributed by atoms with Gasteiger partial charge in [0.1, 0.15) is 26.0 Å². The van der Waals surface area contributed by atoms with E-state index in [-0.39, 0.29) is 54.8 Å². The number of aliphatic hydroxyl groups is 1. The number of ether oxygens (including phenoxy) is 2. The van der Waals surface area contributed by atoms with Gasteiger partial charge in [0.15, 0.2) is 0 Å². The molecule has 3 rings (SSSR count). The molecule has 3 aliphatic heterocycles. The first-order valence-corrected chi connectivity index (χ1v) is 15.3. The zero-order valence-electron chi connectivity index (χ0n) is 23.4. The molecular weight excluding hydrogens is 578 g/mol. The summed E-state index contributed by atoms with van der Waals surface area (Å²) in [5.41, 5.74) is 0.352. The number of likely N-dealkylation sites (tertiary alicyclic amines) is 1. The third-order valence-electron chi connectivity index (χ3n) is 7.05. The molecule has 6 atom stereocenters. The van der Waals surface area contributed by atoms with Crippen LogP contribution in [0.3, 0.4) is 0 Å². The Kier molecular flexibility index (Phi) is 11.0. The molecular formula is C25H37N5O9S2. The Morgan fingerprint density at radius 1 is 1.27 bits per heavy atom. The minimum atomic E-state index is -3.81. The summed E-state index contributed by atoms with van der Waals surface area (Å²) in [7, 11) is -1.26. The monoisotopic (exact) mass is 615 g/mol. The minimum Gasteiger partial charge on any atom is -0.457 e. The van der Waals surface area contributed by atoms with E-state index in [9.17, 15) is 27.9 Å². The van der Waals surface area contributed by atoms with E-state index in [0.717, 1.165) is 0 Å². The van der Waals surface area contributed by atoms with Gasteiger partial charge in [-0.1, -0.05) is 37.4 Å². The van der Waals surface area contributed by atoms with E-state index in [1.54, 1.807) is 6.92 Å². The van der Waals surface area contributed by atoms with Gasteiger partial charge in [0.25, 0.3) is 10.2 Å². The molecule has 0 saturated carbocycles. The maximum atomic E-state index is 13.1. The molecule has 2 saturated heterocycles. The van der Waals surface area contributed by atoms with E-state index in [1.807, 2.05) is 6.92 Å². The summed E-state index contributed by atoms with van der Waals surface area (Å²) in [4.78, 5) is 47.5. The van der Waals surface area contributed by atoms with Crippen molar-refractivity contribution in [3.05, 3.63) is 35.9 Å². The molecule has 0 radical (unpaired) electrons. The van der Waals surface area contributed by atoms with Crippen molar-refractivity contribution >= 4 is 45.7 Å². The van der Waals surface area contributed by atoms with Gasteiger partial charge in [-0.15, -0.1) is 11.8 Å². The number of amides is 2. The van der Waals surface area contributed by atoms with Crippen molar-refractivity contribution in [2.24, 2.45) is 17.0 Å². The largest absolute Gasteiger partial charge is 0.457 e. The van der Waals surface area contributed by atoms with Gasteiger partial charge in [0.2, 0.25) is 5.91 Å². The Balaban J connectivity index is 1.94. The van der Waals surface area contributed by atoms with E-state index < -0.39 is 46.4 Å². The molecule has 228 valence electrons. The van der Waals surface area contributed by atoms with Gasteiger partial charge < -0.3 is 24.3 Å². The SMILES string of the molecule is C=CCOC(=O)C1=C(S[C@H]2C[C@@H](/C(CNS(=O)(=O)NC)=N/OC)N(C(=O)OCC=C)C2)[C@H](C)[C@@H]2[C@@H]([C@@H](C)O)C(=O)N12. The van der Waals surface area contributed by atoms with Crippen LogP contribution in [0, 0.1) is 11.8 Å². The van der Waals surface area contributed by atoms with Crippen molar-refractivity contribution in [3.8, 4) is 0 Å². The summed E-state index contributed by atoms with van der Waals surface area (Å²) in [6.07, 6.45) is 1.59. The Morgan fingerprint density at radius 2 is 1.93 bits per heavy atom. The van der Waals surface area contributed by atoms with Crippen LogP contribution in [-0.2, 0) is 34.1 Å². The molecule has 0 bridgehead atoms. The molecule has 3 aliphatic rings. The Hall–Kier alpha value is -2.92. The van der Waals surface area contributed by atoms with Crippen molar-refractivity contribution in [2.75, 3.05) is 40.5 Å². The average molecular weight is 616 g/mol. The number of esters is 1. The highest BCUT2D eigenvalue weighted by Gasteiger charge is 2.60. The van der Waals surface area contributed by atoms with E-state index in [4.69, 9.17) is 14.3 Å². The summed E-state index contributed by atoms with van der Waals surface area (Å²) in [6.45, 7) is 10.4. The summed E-state index contributed by atoms with van der Waals surface area (Å²) >= 11 is 1.33. The first-order chi connectivity index (χ1) is 19.4. The van der Waals surface area contributed by atoms with Crippen LogP contribution in [-0.4, -0.2) is 111 Å². The number of carbonyl (C=O) groups excluding carboxylic acids is 3. The molecule has 0 aromatic heterocycles. The molecule has 0 aromatic rings. The third kappa shape index (κ3) is 6.94. The zero-order valence-corrected chi connectivity index (χ0v) is 25.1. The average Bonchev–Trinajstić information content (AvgIpc) is 3.45. The van der Waals surface area contributed by atoms with Crippen LogP contribution in [0.1, 0.15) is 20.3 Å². The van der Waals surface area contributed by atoms with Gasteiger partial charge in [-0.05, 0) is 13.3 Å². The first kappa shape index (κ1) is 32.6. The van der Waals surface area contributed by atoms with Crippen molar-refractivity contribution in [3.63, 3.8) is 0 Å². The predicted octanol–water partition coefficient (Wildman–Crippen LogP) is 0.340. The maximum absolute atomic E-state index is 13.1. The standard InChI is InChI=1S/C25H37N5O9S2/c1-7-9-38-24(33)21-22(14(3)20-19(15(4)31)23(32)30(20)21)40-16-11-18(29(13-16)25(34)39-10-8-2)17(28-37-6)12-27-41(35,36)26-5/h7-8,14-16,18-20,26-27,31H,1-2,9-13H2,3-6H3/b28-17+/t14-,15-,16+,18+,19-,20-/m1/s1. The van der Waals surface area contributed by atoms with Crippen LogP contribution in [0.25, 0.3) is 0 Å². The molecule has 0 aliphatic carbocycles. The summed E-state index contributed by atoms with van der Waals surface area (Å²) in [6, 6.07) is -1.12. The van der Waals surface area contributed by atoms with Crippen LogP contribution in [0.5, 0.6) is 0 Å². The number of hydrogen-bond donors (Lipinski definition) is 3. The fraction of sp³-hybridized carbons (Fsp3) is 0.600. The normalized spacial score (nSPS) is 26.8. The van der Waals surface area contributed by atoms with Gasteiger partial charge >= 0.3 is 12.1 Å². The smallest absolute Gasteiger partial charge is 0.410 e. The Morgan fingerprint density at radius 3 is 2.51 bits per heavy atom. The quantitative estimate of drug-likeness (QED) is 0.0812. The number of aliphatic hydroxyl groups excluding tert-OH is 1. The van der Waals surface area contributed by atoms with Crippen LogP contribution in [0.2, 0.25) is 0 Å². The Labute approximate surface area is 244 Å². The molecule has 14 nitrogen and oxygen atoms in total. The van der Waals surface area contributed by atoms with Crippen molar-refractivity contribution < 1.29 is 42.2 Å². The zero-order chi connectivity index (χ0) is 30.5. The molecule has 2 amide bonds. The minimum absolute atomic E-state index is 0.0377. The lowest BCUT2D eigenvalue weighted by molar-refractivity contribution is -0.164. The lowest BCUT2D eigenvalue weighted by atomic mass is 9.79.